The van der Waals surface area contributed by atoms with E-state index in [0.717, 1.165) is 24.3 Å². The summed E-state index contributed by atoms with van der Waals surface area (Å²) in [6, 6.07) is 7.60. The first kappa shape index (κ1) is 14.4. The summed E-state index contributed by atoms with van der Waals surface area (Å²) in [4.78, 5) is 12.6. The van der Waals surface area contributed by atoms with Crippen LogP contribution >= 0.6 is 0 Å². The van der Waals surface area contributed by atoms with Crippen LogP contribution in [0.15, 0.2) is 24.3 Å². The minimum absolute atomic E-state index is 0.0157. The van der Waals surface area contributed by atoms with Gasteiger partial charge in [-0.2, -0.15) is 0 Å². The van der Waals surface area contributed by atoms with Crippen molar-refractivity contribution in [2.24, 2.45) is 23.5 Å². The Balaban J connectivity index is 1.73. The Morgan fingerprint density at radius 3 is 2.67 bits per heavy atom. The van der Waals surface area contributed by atoms with Crippen LogP contribution < -0.4 is 15.8 Å². The van der Waals surface area contributed by atoms with Gasteiger partial charge in [-0.25, -0.2) is 0 Å². The summed E-state index contributed by atoms with van der Waals surface area (Å²) in [5, 5.41) is 3.03. The maximum atomic E-state index is 12.6. The van der Waals surface area contributed by atoms with Gasteiger partial charge in [-0.15, -0.1) is 0 Å². The van der Waals surface area contributed by atoms with Gasteiger partial charge < -0.3 is 15.8 Å². The lowest BCUT2D eigenvalue weighted by Crippen LogP contribution is -2.42. The average Bonchev–Trinajstić information content (AvgIpc) is 3.01. The van der Waals surface area contributed by atoms with Gasteiger partial charge in [0.05, 0.1) is 17.7 Å². The Hall–Kier alpha value is -1.55. The Labute approximate surface area is 126 Å². The van der Waals surface area contributed by atoms with Crippen molar-refractivity contribution in [2.45, 2.75) is 45.3 Å². The maximum Gasteiger partial charge on any atom is 0.229 e. The van der Waals surface area contributed by atoms with Gasteiger partial charge in [0.15, 0.2) is 0 Å². The topological polar surface area (TPSA) is 64.3 Å². The summed E-state index contributed by atoms with van der Waals surface area (Å²) in [5.74, 6) is 1.72. The molecule has 0 spiro atoms. The largest absolute Gasteiger partial charge is 0.489 e. The molecular formula is C17H24N2O2. The third-order valence-electron chi connectivity index (χ3n) is 4.79. The molecule has 2 fully saturated rings. The van der Waals surface area contributed by atoms with Crippen molar-refractivity contribution < 1.29 is 9.53 Å². The van der Waals surface area contributed by atoms with Crippen LogP contribution in [0.4, 0.5) is 5.69 Å². The number of hydrogen-bond acceptors (Lipinski definition) is 3. The van der Waals surface area contributed by atoms with Crippen molar-refractivity contribution in [3.05, 3.63) is 24.3 Å². The number of anilines is 1. The molecule has 21 heavy (non-hydrogen) atoms. The molecule has 114 valence electrons. The van der Waals surface area contributed by atoms with Crippen LogP contribution in [0.1, 0.15) is 33.1 Å². The third-order valence-corrected chi connectivity index (χ3v) is 4.79. The number of hydrogen-bond donors (Lipinski definition) is 2. The van der Waals surface area contributed by atoms with Gasteiger partial charge >= 0.3 is 0 Å². The predicted octanol–water partition coefficient (Wildman–Crippen LogP) is 2.79. The van der Waals surface area contributed by atoms with Crippen LogP contribution in [0.5, 0.6) is 5.75 Å². The van der Waals surface area contributed by atoms with Crippen LogP contribution in [-0.4, -0.2) is 18.1 Å². The highest BCUT2D eigenvalue weighted by Gasteiger charge is 2.49. The maximum absolute atomic E-state index is 12.6. The molecular weight excluding hydrogens is 264 g/mol. The molecule has 2 aliphatic carbocycles. The highest BCUT2D eigenvalue weighted by molar-refractivity contribution is 5.95. The summed E-state index contributed by atoms with van der Waals surface area (Å²) < 4.78 is 5.75. The minimum atomic E-state index is -0.0455. The zero-order chi connectivity index (χ0) is 15.0. The van der Waals surface area contributed by atoms with Crippen LogP contribution in [0.25, 0.3) is 0 Å². The number of benzene rings is 1. The number of fused-ring (bicyclic) bond motifs is 2. The number of rotatable bonds is 4. The normalized spacial score (nSPS) is 30.7. The van der Waals surface area contributed by atoms with E-state index >= 15 is 0 Å². The lowest BCUT2D eigenvalue weighted by molar-refractivity contribution is -0.121. The quantitative estimate of drug-likeness (QED) is 0.895. The molecule has 4 nitrogen and oxygen atoms in total. The number of carbonyl (C=O) groups excluding carboxylic acids is 1. The molecule has 3 rings (SSSR count). The Bertz CT molecular complexity index is 527. The molecule has 2 bridgehead atoms. The van der Waals surface area contributed by atoms with Crippen molar-refractivity contribution in [1.82, 2.24) is 0 Å². The molecule has 4 atom stereocenters. The molecule has 0 aromatic heterocycles. The first-order valence-electron chi connectivity index (χ1n) is 7.88. The van der Waals surface area contributed by atoms with E-state index in [-0.39, 0.29) is 24.0 Å². The van der Waals surface area contributed by atoms with Gasteiger partial charge in [-0.3, -0.25) is 4.79 Å². The first-order chi connectivity index (χ1) is 10.1. The molecule has 1 amide bonds. The molecule has 0 aliphatic heterocycles. The summed E-state index contributed by atoms with van der Waals surface area (Å²) in [6.07, 6.45) is 3.51. The highest BCUT2D eigenvalue weighted by Crippen LogP contribution is 2.48. The molecule has 0 heterocycles. The fraction of sp³-hybridized carbons (Fsp3) is 0.588. The average molecular weight is 288 g/mol. The molecule has 4 heteroatoms. The fourth-order valence-corrected chi connectivity index (χ4v) is 3.87. The van der Waals surface area contributed by atoms with Gasteiger partial charge in [0, 0.05) is 6.04 Å². The number of carbonyl (C=O) groups is 1. The number of para-hydroxylation sites is 2. The van der Waals surface area contributed by atoms with Gasteiger partial charge in [-0.1, -0.05) is 12.1 Å². The lowest BCUT2D eigenvalue weighted by Gasteiger charge is -2.27. The molecule has 1 aromatic carbocycles. The lowest BCUT2D eigenvalue weighted by atomic mass is 9.84. The predicted molar refractivity (Wildman–Crippen MR) is 83.1 cm³/mol. The van der Waals surface area contributed by atoms with Gasteiger partial charge in [0.1, 0.15) is 5.75 Å². The summed E-state index contributed by atoms with van der Waals surface area (Å²) in [5.41, 5.74) is 6.99. The zero-order valence-electron chi connectivity index (χ0n) is 12.7. The number of ether oxygens (including phenoxy) is 1. The third kappa shape index (κ3) is 2.77. The molecule has 0 radical (unpaired) electrons. The first-order valence-corrected chi connectivity index (χ1v) is 7.88. The van der Waals surface area contributed by atoms with Crippen molar-refractivity contribution in [3.8, 4) is 5.75 Å². The summed E-state index contributed by atoms with van der Waals surface area (Å²) >= 11 is 0. The number of nitrogens with two attached hydrogens (primary N) is 1. The smallest absolute Gasteiger partial charge is 0.229 e. The van der Waals surface area contributed by atoms with Gasteiger partial charge in [-0.05, 0) is 57.1 Å². The van der Waals surface area contributed by atoms with Gasteiger partial charge in [0.2, 0.25) is 5.91 Å². The van der Waals surface area contributed by atoms with E-state index < -0.39 is 0 Å². The van der Waals surface area contributed by atoms with Crippen LogP contribution in [0, 0.1) is 17.8 Å². The van der Waals surface area contributed by atoms with Crippen LogP contribution in [0.2, 0.25) is 0 Å². The monoisotopic (exact) mass is 288 g/mol. The zero-order valence-corrected chi connectivity index (χ0v) is 12.7. The Morgan fingerprint density at radius 2 is 2.00 bits per heavy atom. The van der Waals surface area contributed by atoms with E-state index in [1.165, 1.54) is 6.42 Å². The standard InChI is InChI=1S/C17H24N2O2/c1-10(2)21-14-6-4-3-5-13(14)19-17(20)15-11-7-8-12(9-11)16(15)18/h3-6,10-12,15-16H,7-9,18H2,1-2H3,(H,19,20). The second-order valence-corrected chi connectivity index (χ2v) is 6.59. The van der Waals surface area contributed by atoms with Crippen LogP contribution in [0.3, 0.4) is 0 Å². The SMILES string of the molecule is CC(C)Oc1ccccc1NC(=O)C1C2CCC(C2)C1N. The van der Waals surface area contributed by atoms with Crippen molar-refractivity contribution in [1.29, 1.82) is 0 Å². The molecule has 2 aliphatic rings. The molecule has 0 saturated heterocycles. The van der Waals surface area contributed by atoms with E-state index in [0.29, 0.717) is 11.8 Å². The summed E-state index contributed by atoms with van der Waals surface area (Å²) in [7, 11) is 0. The van der Waals surface area contributed by atoms with E-state index in [1.54, 1.807) is 0 Å². The van der Waals surface area contributed by atoms with E-state index in [2.05, 4.69) is 5.32 Å². The molecule has 4 unspecified atom stereocenters. The number of nitrogens with one attached hydrogen (secondary N) is 1. The molecule has 1 aromatic rings. The van der Waals surface area contributed by atoms with Gasteiger partial charge in [0.25, 0.3) is 0 Å². The van der Waals surface area contributed by atoms with Crippen molar-refractivity contribution in [2.75, 3.05) is 5.32 Å². The second-order valence-electron chi connectivity index (χ2n) is 6.59. The van der Waals surface area contributed by atoms with Crippen molar-refractivity contribution >= 4 is 11.6 Å². The second kappa shape index (κ2) is 5.68. The summed E-state index contributed by atoms with van der Waals surface area (Å²) in [6.45, 7) is 3.95. The number of amides is 1. The Morgan fingerprint density at radius 1 is 1.29 bits per heavy atom. The highest BCUT2D eigenvalue weighted by atomic mass is 16.5. The molecule has 3 N–H and O–H groups in total. The minimum Gasteiger partial charge on any atom is -0.489 e. The fourth-order valence-electron chi connectivity index (χ4n) is 3.87. The van der Waals surface area contributed by atoms with E-state index in [1.807, 2.05) is 38.1 Å². The Kier molecular flexibility index (Phi) is 3.89. The molecule has 2 saturated carbocycles. The van der Waals surface area contributed by atoms with Crippen LogP contribution in [-0.2, 0) is 4.79 Å². The van der Waals surface area contributed by atoms with Crippen molar-refractivity contribution in [3.63, 3.8) is 0 Å². The van der Waals surface area contributed by atoms with E-state index in [4.69, 9.17) is 10.5 Å². The van der Waals surface area contributed by atoms with E-state index in [9.17, 15) is 4.79 Å².